The monoisotopic (exact) mass is 285 g/mol. The topological polar surface area (TPSA) is 55.4 Å². The molecule has 5 heteroatoms. The van der Waals surface area contributed by atoms with Crippen LogP contribution in [0.1, 0.15) is 44.7 Å². The van der Waals surface area contributed by atoms with E-state index >= 15 is 0 Å². The third kappa shape index (κ3) is 3.70. The highest BCUT2D eigenvalue weighted by Gasteiger charge is 2.22. The summed E-state index contributed by atoms with van der Waals surface area (Å²) in [5, 5.41) is 0. The van der Waals surface area contributed by atoms with Crippen molar-refractivity contribution in [3.63, 3.8) is 0 Å². The van der Waals surface area contributed by atoms with E-state index < -0.39 is 10.0 Å². The molecule has 0 saturated carbocycles. The molecular weight excluding hydrogens is 262 g/mol. The van der Waals surface area contributed by atoms with Crippen LogP contribution in [0.4, 0.5) is 0 Å². The Kier molecular flexibility index (Phi) is 4.98. The number of nitrogens with one attached hydrogen (secondary N) is 1. The summed E-state index contributed by atoms with van der Waals surface area (Å²) in [7, 11) is -2.07. The van der Waals surface area contributed by atoms with E-state index in [4.69, 9.17) is 4.74 Å². The summed E-state index contributed by atoms with van der Waals surface area (Å²) >= 11 is 0. The van der Waals surface area contributed by atoms with Gasteiger partial charge >= 0.3 is 0 Å². The Morgan fingerprint density at radius 1 is 1.16 bits per heavy atom. The van der Waals surface area contributed by atoms with Crippen LogP contribution in [-0.2, 0) is 10.0 Å². The van der Waals surface area contributed by atoms with Crippen molar-refractivity contribution < 1.29 is 13.2 Å². The zero-order valence-corrected chi connectivity index (χ0v) is 13.3. The Bertz CT molecular complexity index is 548. The van der Waals surface area contributed by atoms with Gasteiger partial charge in [-0.1, -0.05) is 13.8 Å². The van der Waals surface area contributed by atoms with Gasteiger partial charge in [-0.2, -0.15) is 0 Å². The number of rotatable bonds is 5. The lowest BCUT2D eigenvalue weighted by atomic mass is 9.98. The molecule has 0 aliphatic heterocycles. The first kappa shape index (κ1) is 16.0. The Balaban J connectivity index is 3.45. The van der Waals surface area contributed by atoms with Crippen molar-refractivity contribution >= 4 is 10.0 Å². The summed E-state index contributed by atoms with van der Waals surface area (Å²) in [4.78, 5) is 0.206. The fourth-order valence-corrected chi connectivity index (χ4v) is 3.48. The van der Waals surface area contributed by atoms with E-state index in [1.54, 1.807) is 26.0 Å². The number of sulfonamides is 1. The SMILES string of the molecule is COc1cc(C)c(C(C)C)cc1S(=O)(=O)NC(C)C. The van der Waals surface area contributed by atoms with Gasteiger partial charge in [0.15, 0.2) is 0 Å². The van der Waals surface area contributed by atoms with Crippen molar-refractivity contribution in [1.82, 2.24) is 4.72 Å². The van der Waals surface area contributed by atoms with Crippen molar-refractivity contribution in [2.24, 2.45) is 0 Å². The van der Waals surface area contributed by atoms with Gasteiger partial charge in [0.05, 0.1) is 7.11 Å². The van der Waals surface area contributed by atoms with Crippen LogP contribution >= 0.6 is 0 Å². The molecule has 1 aromatic rings. The van der Waals surface area contributed by atoms with Gasteiger partial charge in [-0.15, -0.1) is 0 Å². The maximum Gasteiger partial charge on any atom is 0.244 e. The van der Waals surface area contributed by atoms with Crippen LogP contribution in [-0.4, -0.2) is 21.6 Å². The third-order valence-electron chi connectivity index (χ3n) is 2.85. The van der Waals surface area contributed by atoms with E-state index in [2.05, 4.69) is 4.72 Å². The highest BCUT2D eigenvalue weighted by Crippen LogP contribution is 2.31. The fourth-order valence-electron chi connectivity index (χ4n) is 2.04. The molecule has 19 heavy (non-hydrogen) atoms. The van der Waals surface area contributed by atoms with Crippen molar-refractivity contribution in [3.8, 4) is 5.75 Å². The summed E-state index contributed by atoms with van der Waals surface area (Å²) in [5.74, 6) is 0.647. The largest absolute Gasteiger partial charge is 0.495 e. The van der Waals surface area contributed by atoms with Gasteiger partial charge in [0.1, 0.15) is 10.6 Å². The third-order valence-corrected chi connectivity index (χ3v) is 4.53. The Hall–Kier alpha value is -1.07. The van der Waals surface area contributed by atoms with E-state index in [0.29, 0.717) is 5.75 Å². The zero-order valence-electron chi connectivity index (χ0n) is 12.4. The van der Waals surface area contributed by atoms with Gasteiger partial charge in [0.25, 0.3) is 0 Å². The molecule has 1 rings (SSSR count). The van der Waals surface area contributed by atoms with Crippen molar-refractivity contribution in [2.75, 3.05) is 7.11 Å². The number of hydrogen-bond acceptors (Lipinski definition) is 3. The van der Waals surface area contributed by atoms with E-state index in [9.17, 15) is 8.42 Å². The maximum atomic E-state index is 12.3. The minimum Gasteiger partial charge on any atom is -0.495 e. The molecule has 0 aliphatic rings. The molecule has 0 aromatic heterocycles. The van der Waals surface area contributed by atoms with E-state index in [-0.39, 0.29) is 16.9 Å². The maximum absolute atomic E-state index is 12.3. The van der Waals surface area contributed by atoms with Crippen LogP contribution in [0.25, 0.3) is 0 Å². The second-order valence-electron chi connectivity index (χ2n) is 5.29. The van der Waals surface area contributed by atoms with Gasteiger partial charge < -0.3 is 4.74 Å². The molecule has 0 heterocycles. The molecule has 0 fully saturated rings. The number of hydrogen-bond donors (Lipinski definition) is 1. The molecule has 1 aromatic carbocycles. The molecule has 4 nitrogen and oxygen atoms in total. The van der Waals surface area contributed by atoms with Gasteiger partial charge in [0.2, 0.25) is 10.0 Å². The van der Waals surface area contributed by atoms with Gasteiger partial charge in [0, 0.05) is 6.04 Å². The van der Waals surface area contributed by atoms with Crippen LogP contribution in [0.3, 0.4) is 0 Å². The number of methoxy groups -OCH3 is 1. The molecule has 108 valence electrons. The molecule has 0 spiro atoms. The molecule has 0 unspecified atom stereocenters. The minimum atomic E-state index is -3.55. The number of ether oxygens (including phenoxy) is 1. The summed E-state index contributed by atoms with van der Waals surface area (Å²) < 4.78 is 32.4. The second-order valence-corrected chi connectivity index (χ2v) is 6.97. The van der Waals surface area contributed by atoms with E-state index in [1.807, 2.05) is 20.8 Å². The molecule has 0 atom stereocenters. The lowest BCUT2D eigenvalue weighted by Crippen LogP contribution is -2.30. The Morgan fingerprint density at radius 2 is 1.74 bits per heavy atom. The average Bonchev–Trinajstić information content (AvgIpc) is 2.25. The zero-order chi connectivity index (χ0) is 14.8. The van der Waals surface area contributed by atoms with Crippen molar-refractivity contribution in [3.05, 3.63) is 23.3 Å². The van der Waals surface area contributed by atoms with Gasteiger partial charge in [-0.05, 0) is 49.9 Å². The lowest BCUT2D eigenvalue weighted by Gasteiger charge is -2.17. The molecule has 0 saturated heterocycles. The first-order chi connectivity index (χ1) is 8.69. The van der Waals surface area contributed by atoms with Gasteiger partial charge in [-0.3, -0.25) is 0 Å². The number of aryl methyl sites for hydroxylation is 1. The standard InChI is InChI=1S/C14H23NO3S/c1-9(2)12-8-14(13(18-6)7-11(12)5)19(16,17)15-10(3)4/h7-10,15H,1-6H3. The summed E-state index contributed by atoms with van der Waals surface area (Å²) in [5.41, 5.74) is 2.06. The van der Waals surface area contributed by atoms with Crippen LogP contribution in [0.2, 0.25) is 0 Å². The second kappa shape index (κ2) is 5.92. The van der Waals surface area contributed by atoms with E-state index in [1.165, 1.54) is 7.11 Å². The van der Waals surface area contributed by atoms with Crippen LogP contribution in [0.15, 0.2) is 17.0 Å². The molecule has 0 amide bonds. The number of benzene rings is 1. The van der Waals surface area contributed by atoms with Gasteiger partial charge in [-0.25, -0.2) is 13.1 Å². The Labute approximate surface area is 116 Å². The van der Waals surface area contributed by atoms with Crippen molar-refractivity contribution in [2.45, 2.75) is 51.5 Å². The quantitative estimate of drug-likeness (QED) is 0.905. The molecule has 0 aliphatic carbocycles. The normalized spacial score (nSPS) is 12.2. The van der Waals surface area contributed by atoms with Crippen LogP contribution < -0.4 is 9.46 Å². The van der Waals surface area contributed by atoms with E-state index in [0.717, 1.165) is 11.1 Å². The highest BCUT2D eigenvalue weighted by atomic mass is 32.2. The fraction of sp³-hybridized carbons (Fsp3) is 0.571. The van der Waals surface area contributed by atoms with Crippen LogP contribution in [0, 0.1) is 6.92 Å². The molecular formula is C14H23NO3S. The predicted molar refractivity (Wildman–Crippen MR) is 77.3 cm³/mol. The summed E-state index contributed by atoms with van der Waals surface area (Å²) in [6.07, 6.45) is 0. The molecule has 0 radical (unpaired) electrons. The summed E-state index contributed by atoms with van der Waals surface area (Å²) in [6, 6.07) is 3.34. The Morgan fingerprint density at radius 3 is 2.16 bits per heavy atom. The first-order valence-corrected chi connectivity index (χ1v) is 7.88. The average molecular weight is 285 g/mol. The predicted octanol–water partition coefficient (Wildman–Crippen LogP) is 2.81. The molecule has 0 bridgehead atoms. The summed E-state index contributed by atoms with van der Waals surface area (Å²) in [6.45, 7) is 9.63. The van der Waals surface area contributed by atoms with Crippen molar-refractivity contribution in [1.29, 1.82) is 0 Å². The first-order valence-electron chi connectivity index (χ1n) is 6.40. The molecule has 1 N–H and O–H groups in total. The lowest BCUT2D eigenvalue weighted by molar-refractivity contribution is 0.401. The highest BCUT2D eigenvalue weighted by molar-refractivity contribution is 7.89. The smallest absolute Gasteiger partial charge is 0.244 e. The van der Waals surface area contributed by atoms with Crippen LogP contribution in [0.5, 0.6) is 5.75 Å². The minimum absolute atomic E-state index is 0.154.